The van der Waals surface area contributed by atoms with Crippen LogP contribution in [0, 0.1) is 0 Å². The molecule has 1 aliphatic heterocycles. The van der Waals surface area contributed by atoms with E-state index in [0.717, 1.165) is 12.8 Å². The third-order valence-corrected chi connectivity index (χ3v) is 4.37. The van der Waals surface area contributed by atoms with Crippen molar-refractivity contribution < 1.29 is 9.94 Å². The van der Waals surface area contributed by atoms with E-state index in [9.17, 15) is 0 Å². The van der Waals surface area contributed by atoms with Crippen LogP contribution in [0.15, 0.2) is 11.5 Å². The van der Waals surface area contributed by atoms with Gasteiger partial charge in [-0.2, -0.15) is 0 Å². The Hall–Kier alpha value is -1.63. The molecule has 20 heavy (non-hydrogen) atoms. The van der Waals surface area contributed by atoms with Crippen molar-refractivity contribution in [3.63, 3.8) is 0 Å². The van der Waals surface area contributed by atoms with Gasteiger partial charge in [0.1, 0.15) is 6.33 Å². The highest BCUT2D eigenvalue weighted by molar-refractivity contribution is 5.93. The fraction of sp³-hybridized carbons (Fsp3) is 0.769. The Kier molecular flexibility index (Phi) is 3.60. The molecule has 1 atom stereocenters. The van der Waals surface area contributed by atoms with E-state index in [-0.39, 0.29) is 23.4 Å². The van der Waals surface area contributed by atoms with Crippen molar-refractivity contribution in [2.24, 2.45) is 10.9 Å². The van der Waals surface area contributed by atoms with Gasteiger partial charge >= 0.3 is 0 Å². The highest BCUT2D eigenvalue weighted by Crippen LogP contribution is 2.42. The first-order chi connectivity index (χ1) is 9.71. The molecule has 0 bridgehead atoms. The molecular formula is C13H21N5O2. The molecule has 7 heteroatoms. The number of oxime groups is 1. The van der Waals surface area contributed by atoms with Crippen molar-refractivity contribution in [3.8, 4) is 0 Å². The van der Waals surface area contributed by atoms with E-state index in [1.54, 1.807) is 11.0 Å². The van der Waals surface area contributed by atoms with Crippen molar-refractivity contribution >= 4 is 5.84 Å². The molecule has 0 amide bonds. The van der Waals surface area contributed by atoms with Crippen LogP contribution in [0.5, 0.6) is 0 Å². The lowest BCUT2D eigenvalue weighted by Crippen LogP contribution is -2.32. The number of nitrogens with two attached hydrogens (primary N) is 1. The van der Waals surface area contributed by atoms with Gasteiger partial charge in [0.05, 0.1) is 18.2 Å². The van der Waals surface area contributed by atoms with Gasteiger partial charge in [-0.15, -0.1) is 5.10 Å². The van der Waals surface area contributed by atoms with Gasteiger partial charge < -0.3 is 15.7 Å². The summed E-state index contributed by atoms with van der Waals surface area (Å²) in [6, 6.07) is 0. The Bertz CT molecular complexity index is 493. The summed E-state index contributed by atoms with van der Waals surface area (Å²) in [5.41, 5.74) is 5.58. The SMILES string of the molecule is NC(=NO)c1ncn(CC2CCC3(CCCCC3)O2)n1. The molecule has 1 unspecified atom stereocenters. The summed E-state index contributed by atoms with van der Waals surface area (Å²) in [4.78, 5) is 4.01. The number of hydrogen-bond donors (Lipinski definition) is 2. The second-order valence-corrected chi connectivity index (χ2v) is 5.80. The Morgan fingerprint density at radius 2 is 2.25 bits per heavy atom. The van der Waals surface area contributed by atoms with E-state index in [4.69, 9.17) is 15.7 Å². The Morgan fingerprint density at radius 3 is 3.00 bits per heavy atom. The minimum atomic E-state index is -0.0696. The maximum Gasteiger partial charge on any atom is 0.219 e. The van der Waals surface area contributed by atoms with E-state index in [2.05, 4.69) is 15.2 Å². The lowest BCUT2D eigenvalue weighted by molar-refractivity contribution is -0.0688. The van der Waals surface area contributed by atoms with E-state index in [1.807, 2.05) is 0 Å². The van der Waals surface area contributed by atoms with Crippen LogP contribution in [0.4, 0.5) is 0 Å². The molecule has 2 aliphatic rings. The van der Waals surface area contributed by atoms with Crippen LogP contribution in [0.3, 0.4) is 0 Å². The highest BCUT2D eigenvalue weighted by Gasteiger charge is 2.40. The van der Waals surface area contributed by atoms with E-state index in [0.29, 0.717) is 6.54 Å². The Balaban J connectivity index is 1.60. The number of ether oxygens (including phenoxy) is 1. The lowest BCUT2D eigenvalue weighted by atomic mass is 9.83. The Morgan fingerprint density at radius 1 is 1.45 bits per heavy atom. The molecular weight excluding hydrogens is 258 g/mol. The minimum Gasteiger partial charge on any atom is -0.409 e. The van der Waals surface area contributed by atoms with Gasteiger partial charge in [-0.3, -0.25) is 0 Å². The van der Waals surface area contributed by atoms with Crippen LogP contribution in [0.25, 0.3) is 0 Å². The molecule has 2 heterocycles. The van der Waals surface area contributed by atoms with E-state index in [1.165, 1.54) is 32.1 Å². The van der Waals surface area contributed by atoms with Crippen molar-refractivity contribution in [2.45, 2.75) is 63.2 Å². The summed E-state index contributed by atoms with van der Waals surface area (Å²) < 4.78 is 8.00. The number of hydrogen-bond acceptors (Lipinski definition) is 5. The largest absolute Gasteiger partial charge is 0.409 e. The second kappa shape index (κ2) is 5.40. The topological polar surface area (TPSA) is 98.6 Å². The van der Waals surface area contributed by atoms with Gasteiger partial charge in [-0.25, -0.2) is 9.67 Å². The first kappa shape index (κ1) is 13.4. The van der Waals surface area contributed by atoms with Crippen molar-refractivity contribution in [3.05, 3.63) is 12.2 Å². The molecule has 0 aromatic carbocycles. The first-order valence-electron chi connectivity index (χ1n) is 7.26. The zero-order valence-electron chi connectivity index (χ0n) is 11.5. The second-order valence-electron chi connectivity index (χ2n) is 5.80. The highest BCUT2D eigenvalue weighted by atomic mass is 16.5. The maximum absolute atomic E-state index is 8.60. The normalized spacial score (nSPS) is 26.2. The zero-order valence-corrected chi connectivity index (χ0v) is 11.5. The van der Waals surface area contributed by atoms with Gasteiger partial charge in [-0.1, -0.05) is 24.4 Å². The third kappa shape index (κ3) is 2.63. The molecule has 1 spiro atoms. The number of amidine groups is 1. The minimum absolute atomic E-state index is 0.0696. The monoisotopic (exact) mass is 279 g/mol. The number of aromatic nitrogens is 3. The van der Waals surface area contributed by atoms with Gasteiger partial charge in [0.25, 0.3) is 0 Å². The Labute approximate surface area is 117 Å². The average molecular weight is 279 g/mol. The molecule has 0 radical (unpaired) electrons. The number of nitrogens with zero attached hydrogens (tertiary/aromatic N) is 4. The standard InChI is InChI=1S/C13H21N5O2/c14-11(17-19)12-15-9-18(16-12)8-10-4-7-13(20-10)5-2-1-3-6-13/h9-10,19H,1-8H2,(H2,14,17). The molecule has 1 saturated carbocycles. The summed E-state index contributed by atoms with van der Waals surface area (Å²) in [7, 11) is 0. The molecule has 110 valence electrons. The molecule has 1 aromatic rings. The van der Waals surface area contributed by atoms with Crippen LogP contribution in [-0.4, -0.2) is 37.5 Å². The van der Waals surface area contributed by atoms with Crippen molar-refractivity contribution in [2.75, 3.05) is 0 Å². The molecule has 1 saturated heterocycles. The fourth-order valence-electron chi connectivity index (χ4n) is 3.34. The average Bonchev–Trinajstić information content (AvgIpc) is 3.07. The van der Waals surface area contributed by atoms with Crippen LogP contribution < -0.4 is 5.73 Å². The summed E-state index contributed by atoms with van der Waals surface area (Å²) in [6.07, 6.45) is 10.3. The maximum atomic E-state index is 8.60. The summed E-state index contributed by atoms with van der Waals surface area (Å²) in [5.74, 6) is 0.178. The molecule has 2 fully saturated rings. The molecule has 3 N–H and O–H groups in total. The van der Waals surface area contributed by atoms with E-state index >= 15 is 0 Å². The summed E-state index contributed by atoms with van der Waals surface area (Å²) in [5, 5.41) is 15.7. The molecule has 1 aromatic heterocycles. The lowest BCUT2D eigenvalue weighted by Gasteiger charge is -2.33. The molecule has 1 aliphatic carbocycles. The van der Waals surface area contributed by atoms with Gasteiger partial charge in [-0.05, 0) is 25.7 Å². The third-order valence-electron chi connectivity index (χ3n) is 4.37. The predicted molar refractivity (Wildman–Crippen MR) is 72.5 cm³/mol. The van der Waals surface area contributed by atoms with Gasteiger partial charge in [0.2, 0.25) is 11.7 Å². The number of rotatable bonds is 3. The molecule has 7 nitrogen and oxygen atoms in total. The van der Waals surface area contributed by atoms with Gasteiger partial charge in [0.15, 0.2) is 0 Å². The van der Waals surface area contributed by atoms with E-state index < -0.39 is 0 Å². The van der Waals surface area contributed by atoms with Crippen LogP contribution in [-0.2, 0) is 11.3 Å². The molecule has 3 rings (SSSR count). The smallest absolute Gasteiger partial charge is 0.219 e. The zero-order chi connectivity index (χ0) is 14.0. The van der Waals surface area contributed by atoms with Crippen molar-refractivity contribution in [1.29, 1.82) is 0 Å². The summed E-state index contributed by atoms with van der Waals surface area (Å²) in [6.45, 7) is 0.674. The fourth-order valence-corrected chi connectivity index (χ4v) is 3.34. The predicted octanol–water partition coefficient (Wildman–Crippen LogP) is 1.25. The van der Waals surface area contributed by atoms with Crippen molar-refractivity contribution in [1.82, 2.24) is 14.8 Å². The first-order valence-corrected chi connectivity index (χ1v) is 7.26. The van der Waals surface area contributed by atoms with Crippen LogP contribution in [0.1, 0.15) is 50.8 Å². The summed E-state index contributed by atoms with van der Waals surface area (Å²) >= 11 is 0. The van der Waals surface area contributed by atoms with Gasteiger partial charge in [0, 0.05) is 0 Å². The van der Waals surface area contributed by atoms with Crippen LogP contribution in [0.2, 0.25) is 0 Å². The quantitative estimate of drug-likeness (QED) is 0.375. The van der Waals surface area contributed by atoms with Crippen LogP contribution >= 0.6 is 0 Å².